The third-order valence-electron chi connectivity index (χ3n) is 0.338. The Morgan fingerprint density at radius 2 is 2.20 bits per heavy atom. The quantitative estimate of drug-likeness (QED) is 0.456. The molecule has 2 radical (unpaired) electrons. The van der Waals surface area contributed by atoms with Crippen LogP contribution in [0.4, 0.5) is 0 Å². The van der Waals surface area contributed by atoms with Crippen molar-refractivity contribution in [2.75, 3.05) is 5.88 Å². The average Bonchev–Trinajstić information content (AvgIpc) is 1.41. The normalized spacial score (nSPS) is 8.40. The van der Waals surface area contributed by atoms with Crippen LogP contribution in [0.25, 0.3) is 0 Å². The first-order valence-electron chi connectivity index (χ1n) is 1.68. The second-order valence-corrected chi connectivity index (χ2v) is 2.86. The third-order valence-corrected chi connectivity index (χ3v) is 1.77. The van der Waals surface area contributed by atoms with Crippen LogP contribution in [0.5, 0.6) is 0 Å². The second-order valence-electron chi connectivity index (χ2n) is 0.831. The van der Waals surface area contributed by atoms with E-state index in [1.54, 1.807) is 0 Å². The van der Waals surface area contributed by atoms with Gasteiger partial charge < -0.3 is 0 Å². The van der Waals surface area contributed by atoms with Crippen molar-refractivity contribution >= 4 is 34.1 Å². The van der Waals surface area contributed by atoms with Gasteiger partial charge in [-0.1, -0.05) is 0 Å². The molecule has 0 spiro atoms. The van der Waals surface area contributed by atoms with Crippen molar-refractivity contribution in [2.24, 2.45) is 0 Å². The van der Waals surface area contributed by atoms with Crippen molar-refractivity contribution in [2.45, 2.75) is 10.9 Å². The van der Waals surface area contributed by atoms with E-state index in [0.717, 1.165) is 5.88 Å². The van der Waals surface area contributed by atoms with Gasteiger partial charge in [-0.25, -0.2) is 0 Å². The SMILES string of the molecule is ClCC[CH2][SnH]. The number of hydrogen-bond acceptors (Lipinski definition) is 0. The zero-order chi connectivity index (χ0) is 4.12. The van der Waals surface area contributed by atoms with Crippen LogP contribution in [0.3, 0.4) is 0 Å². The van der Waals surface area contributed by atoms with Gasteiger partial charge in [0.1, 0.15) is 0 Å². The Kier molecular flexibility index (Phi) is 6.20. The summed E-state index contributed by atoms with van der Waals surface area (Å²) in [5, 5.41) is 0. The van der Waals surface area contributed by atoms with E-state index in [2.05, 4.69) is 0 Å². The van der Waals surface area contributed by atoms with Crippen LogP contribution in [0.2, 0.25) is 4.44 Å². The fourth-order valence-electron chi connectivity index (χ4n) is 0.0772. The molecule has 0 bridgehead atoms. The number of halogens is 1. The second kappa shape index (κ2) is 5.09. The molecule has 30 valence electrons. The molecule has 0 saturated carbocycles. The Hall–Kier alpha value is 1.09. The Balaban J connectivity index is 2.19. The summed E-state index contributed by atoms with van der Waals surface area (Å²) in [6.45, 7) is 0. The van der Waals surface area contributed by atoms with Gasteiger partial charge in [-0.3, -0.25) is 0 Å². The van der Waals surface area contributed by atoms with Gasteiger partial charge >= 0.3 is 50.9 Å². The molecular weight excluding hydrogens is 190 g/mol. The molecule has 0 N–H and O–H groups in total. The number of hydrogen-bond donors (Lipinski definition) is 0. The first-order valence-corrected chi connectivity index (χ1v) is 4.54. The van der Waals surface area contributed by atoms with E-state index in [4.69, 9.17) is 11.6 Å². The minimum atomic E-state index is 0.848. The van der Waals surface area contributed by atoms with Crippen LogP contribution >= 0.6 is 11.6 Å². The topological polar surface area (TPSA) is 0 Å². The van der Waals surface area contributed by atoms with Gasteiger partial charge in [-0.05, 0) is 0 Å². The zero-order valence-corrected chi connectivity index (χ0v) is 7.13. The van der Waals surface area contributed by atoms with Crippen molar-refractivity contribution in [1.82, 2.24) is 0 Å². The molecule has 2 heteroatoms. The van der Waals surface area contributed by atoms with Gasteiger partial charge in [0.05, 0.1) is 0 Å². The standard InChI is InChI=1S/C3H6Cl.Sn.H/c1-2-3-4;;/h1-3H2;;. The zero-order valence-electron chi connectivity index (χ0n) is 3.08. The summed E-state index contributed by atoms with van der Waals surface area (Å²) in [7, 11) is 0. The summed E-state index contributed by atoms with van der Waals surface area (Å²) in [5.74, 6) is 0.848. The van der Waals surface area contributed by atoms with Gasteiger partial charge in [-0.2, -0.15) is 0 Å². The van der Waals surface area contributed by atoms with Crippen LogP contribution in [0.1, 0.15) is 6.42 Å². The molecule has 5 heavy (non-hydrogen) atoms. The summed E-state index contributed by atoms with van der Waals surface area (Å²) in [6.07, 6.45) is 1.21. The van der Waals surface area contributed by atoms with Crippen LogP contribution < -0.4 is 0 Å². The molecule has 0 rings (SSSR count). The van der Waals surface area contributed by atoms with Crippen LogP contribution in [0.15, 0.2) is 0 Å². The number of alkyl halides is 1. The fraction of sp³-hybridized carbons (Fsp3) is 1.00. The van der Waals surface area contributed by atoms with Gasteiger partial charge in [0.15, 0.2) is 0 Å². The first-order chi connectivity index (χ1) is 2.41. The van der Waals surface area contributed by atoms with Crippen molar-refractivity contribution < 1.29 is 0 Å². The van der Waals surface area contributed by atoms with E-state index in [9.17, 15) is 0 Å². The molecule has 0 aromatic heterocycles. The molecule has 0 aromatic carbocycles. The summed E-state index contributed by atoms with van der Waals surface area (Å²) in [6, 6.07) is 0. The van der Waals surface area contributed by atoms with Crippen LogP contribution in [-0.4, -0.2) is 28.4 Å². The van der Waals surface area contributed by atoms with E-state index in [-0.39, 0.29) is 0 Å². The summed E-state index contributed by atoms with van der Waals surface area (Å²) >= 11 is 6.69. The summed E-state index contributed by atoms with van der Waals surface area (Å²) in [5.41, 5.74) is 0. The van der Waals surface area contributed by atoms with Crippen molar-refractivity contribution in [3.63, 3.8) is 0 Å². The van der Waals surface area contributed by atoms with E-state index >= 15 is 0 Å². The molecule has 0 aliphatic rings. The predicted molar refractivity (Wildman–Crippen MR) is 27.3 cm³/mol. The fourth-order valence-corrected chi connectivity index (χ4v) is 1.55. The monoisotopic (exact) mass is 198 g/mol. The Morgan fingerprint density at radius 3 is 2.20 bits per heavy atom. The maximum atomic E-state index is 5.32. The molecule has 0 nitrogen and oxygen atoms in total. The van der Waals surface area contributed by atoms with Crippen molar-refractivity contribution in [3.05, 3.63) is 0 Å². The van der Waals surface area contributed by atoms with Gasteiger partial charge in [0.2, 0.25) is 0 Å². The Morgan fingerprint density at radius 1 is 1.60 bits per heavy atom. The van der Waals surface area contributed by atoms with Gasteiger partial charge in [-0.15, -0.1) is 0 Å². The molecule has 0 aromatic rings. The molecular formula is C3H7ClSn. The molecule has 0 fully saturated rings. The van der Waals surface area contributed by atoms with E-state index in [1.807, 2.05) is 0 Å². The molecule has 0 aliphatic heterocycles. The van der Waals surface area contributed by atoms with E-state index in [1.165, 1.54) is 33.4 Å². The summed E-state index contributed by atoms with van der Waals surface area (Å²) < 4.78 is 1.34. The first kappa shape index (κ1) is 6.09. The van der Waals surface area contributed by atoms with Crippen LogP contribution in [0, 0.1) is 0 Å². The van der Waals surface area contributed by atoms with E-state index < -0.39 is 0 Å². The molecule has 0 amide bonds. The van der Waals surface area contributed by atoms with Crippen molar-refractivity contribution in [1.29, 1.82) is 0 Å². The molecule has 0 heterocycles. The maximum absolute atomic E-state index is 5.32. The third kappa shape index (κ3) is 5.09. The van der Waals surface area contributed by atoms with Crippen molar-refractivity contribution in [3.8, 4) is 0 Å². The van der Waals surface area contributed by atoms with Crippen LogP contribution in [-0.2, 0) is 0 Å². The Bertz CT molecular complexity index is 14.4. The van der Waals surface area contributed by atoms with Gasteiger partial charge in [0, 0.05) is 0 Å². The average molecular weight is 197 g/mol. The molecule has 0 saturated heterocycles. The molecule has 0 aliphatic carbocycles. The number of rotatable bonds is 2. The predicted octanol–water partition coefficient (Wildman–Crippen LogP) is 0.934. The molecule has 0 atom stereocenters. The van der Waals surface area contributed by atoms with E-state index in [0.29, 0.717) is 0 Å². The molecule has 0 unspecified atom stereocenters. The summed E-state index contributed by atoms with van der Waals surface area (Å²) in [4.78, 5) is 0. The Labute approximate surface area is 51.0 Å². The minimum absolute atomic E-state index is 0.848. The van der Waals surface area contributed by atoms with Gasteiger partial charge in [0.25, 0.3) is 0 Å².